The van der Waals surface area contributed by atoms with Crippen LogP contribution in [0.2, 0.25) is 0 Å². The molecule has 4 rings (SSSR count). The fraction of sp³-hybridized carbons (Fsp3) is 0.611. The summed E-state index contributed by atoms with van der Waals surface area (Å²) in [5, 5.41) is 14.0. The number of aromatic nitrogens is 1. The number of piperazine rings is 1. The molecule has 3 aliphatic heterocycles. The summed E-state index contributed by atoms with van der Waals surface area (Å²) in [4.78, 5) is 23.8. The van der Waals surface area contributed by atoms with Gasteiger partial charge in [-0.25, -0.2) is 4.98 Å². The maximum absolute atomic E-state index is 12.8. The van der Waals surface area contributed by atoms with Crippen molar-refractivity contribution in [2.24, 2.45) is 0 Å². The molecule has 1 aromatic rings. The molecule has 0 aromatic carbocycles. The Labute approximate surface area is 154 Å². The molecule has 4 heterocycles. The Morgan fingerprint density at radius 2 is 1.88 bits per heavy atom. The maximum Gasteiger partial charge on any atom is 0.255 e. The molecule has 0 atom stereocenters. The van der Waals surface area contributed by atoms with Gasteiger partial charge in [0.15, 0.2) is 5.96 Å². The lowest BCUT2D eigenvalue weighted by Crippen LogP contribution is -2.53. The second-order valence-corrected chi connectivity index (χ2v) is 7.62. The molecule has 26 heavy (non-hydrogen) atoms. The quantitative estimate of drug-likeness (QED) is 0.687. The predicted molar refractivity (Wildman–Crippen MR) is 101 cm³/mol. The lowest BCUT2D eigenvalue weighted by atomic mass is 9.88. The van der Waals surface area contributed by atoms with Crippen molar-refractivity contribution in [1.82, 2.24) is 25.4 Å². The van der Waals surface area contributed by atoms with Crippen molar-refractivity contribution in [3.8, 4) is 0 Å². The number of nitrogens with one attached hydrogen (secondary N) is 3. The summed E-state index contributed by atoms with van der Waals surface area (Å²) < 4.78 is 0. The van der Waals surface area contributed by atoms with Gasteiger partial charge in [0.25, 0.3) is 5.91 Å². The number of carbonyl (C=O) groups is 1. The second-order valence-electron chi connectivity index (χ2n) is 7.62. The van der Waals surface area contributed by atoms with E-state index in [9.17, 15) is 4.79 Å². The van der Waals surface area contributed by atoms with Crippen LogP contribution in [0.1, 0.15) is 23.2 Å². The van der Waals surface area contributed by atoms with E-state index >= 15 is 0 Å². The lowest BCUT2D eigenvalue weighted by molar-refractivity contribution is 0.0668. The zero-order valence-corrected chi connectivity index (χ0v) is 15.3. The molecule has 3 fully saturated rings. The Morgan fingerprint density at radius 3 is 2.46 bits per heavy atom. The van der Waals surface area contributed by atoms with E-state index in [1.807, 2.05) is 17.0 Å². The first-order valence-corrected chi connectivity index (χ1v) is 9.34. The van der Waals surface area contributed by atoms with Gasteiger partial charge in [0.1, 0.15) is 5.82 Å². The van der Waals surface area contributed by atoms with Gasteiger partial charge < -0.3 is 25.3 Å². The van der Waals surface area contributed by atoms with Gasteiger partial charge in [0.05, 0.1) is 11.1 Å². The van der Waals surface area contributed by atoms with Gasteiger partial charge in [0.2, 0.25) is 0 Å². The van der Waals surface area contributed by atoms with Crippen LogP contribution < -0.4 is 15.5 Å². The smallest absolute Gasteiger partial charge is 0.255 e. The average Bonchev–Trinajstić information content (AvgIpc) is 3.03. The Bertz CT molecular complexity index is 673. The van der Waals surface area contributed by atoms with E-state index in [0.29, 0.717) is 24.6 Å². The average molecular weight is 357 g/mol. The van der Waals surface area contributed by atoms with Crippen LogP contribution in [-0.2, 0) is 0 Å². The number of guanidine groups is 1. The minimum absolute atomic E-state index is 0.0540. The standard InChI is InChI=1S/C18H27N7O/c1-23-8-10-24(11-9-23)15-3-2-14(12-20-15)16(26)25-6-4-18(5-7-25)13-21-17(19)22-18/h2-3,12H,4-11,13H2,1H3,(H3,19,21,22). The molecule has 0 radical (unpaired) electrons. The van der Waals surface area contributed by atoms with E-state index in [2.05, 4.69) is 32.5 Å². The SMILES string of the molecule is CN1CCN(c2ccc(C(=O)N3CCC4(CC3)CNC(=N)N4)cn2)CC1. The third-order valence-corrected chi connectivity index (χ3v) is 5.82. The Morgan fingerprint density at radius 1 is 1.15 bits per heavy atom. The van der Waals surface area contributed by atoms with Crippen molar-refractivity contribution in [2.75, 3.05) is 57.8 Å². The van der Waals surface area contributed by atoms with Crippen molar-refractivity contribution in [1.29, 1.82) is 5.41 Å². The highest BCUT2D eigenvalue weighted by Gasteiger charge is 2.40. The van der Waals surface area contributed by atoms with Crippen molar-refractivity contribution >= 4 is 17.7 Å². The Kier molecular flexibility index (Phi) is 4.44. The number of hydrogen-bond donors (Lipinski definition) is 3. The molecule has 1 amide bonds. The molecule has 3 aliphatic rings. The highest BCUT2D eigenvalue weighted by molar-refractivity contribution is 5.94. The molecule has 140 valence electrons. The van der Waals surface area contributed by atoms with Crippen LogP contribution in [0.4, 0.5) is 5.82 Å². The second kappa shape index (κ2) is 6.75. The van der Waals surface area contributed by atoms with E-state index in [-0.39, 0.29) is 11.4 Å². The van der Waals surface area contributed by atoms with Gasteiger partial charge >= 0.3 is 0 Å². The van der Waals surface area contributed by atoms with Crippen molar-refractivity contribution in [3.05, 3.63) is 23.9 Å². The minimum Gasteiger partial charge on any atom is -0.354 e. The van der Waals surface area contributed by atoms with Crippen molar-refractivity contribution in [3.63, 3.8) is 0 Å². The normalized spacial score (nSPS) is 23.0. The molecular weight excluding hydrogens is 330 g/mol. The van der Waals surface area contributed by atoms with Gasteiger partial charge in [-0.15, -0.1) is 0 Å². The fourth-order valence-corrected chi connectivity index (χ4v) is 3.97. The first-order chi connectivity index (χ1) is 12.5. The van der Waals surface area contributed by atoms with Gasteiger partial charge in [-0.05, 0) is 32.0 Å². The monoisotopic (exact) mass is 357 g/mol. The number of amides is 1. The van der Waals surface area contributed by atoms with E-state index in [4.69, 9.17) is 5.41 Å². The molecular formula is C18H27N7O. The lowest BCUT2D eigenvalue weighted by Gasteiger charge is -2.38. The van der Waals surface area contributed by atoms with E-state index in [1.54, 1.807) is 6.20 Å². The molecule has 8 nitrogen and oxygen atoms in total. The number of hydrogen-bond acceptors (Lipinski definition) is 5. The molecule has 0 aliphatic carbocycles. The molecule has 0 saturated carbocycles. The third kappa shape index (κ3) is 3.33. The maximum atomic E-state index is 12.8. The summed E-state index contributed by atoms with van der Waals surface area (Å²) in [6, 6.07) is 3.87. The zero-order chi connectivity index (χ0) is 18.1. The van der Waals surface area contributed by atoms with Crippen molar-refractivity contribution < 1.29 is 4.79 Å². The Hall–Kier alpha value is -2.35. The number of carbonyl (C=O) groups excluding carboxylic acids is 1. The number of rotatable bonds is 2. The number of piperidine rings is 1. The van der Waals surface area contributed by atoms with Gasteiger partial charge in [0, 0.05) is 52.0 Å². The van der Waals surface area contributed by atoms with Crippen LogP contribution in [0.3, 0.4) is 0 Å². The third-order valence-electron chi connectivity index (χ3n) is 5.82. The van der Waals surface area contributed by atoms with Crippen LogP contribution in [0.25, 0.3) is 0 Å². The highest BCUT2D eigenvalue weighted by Crippen LogP contribution is 2.25. The number of nitrogens with zero attached hydrogens (tertiary/aromatic N) is 4. The largest absolute Gasteiger partial charge is 0.354 e. The van der Waals surface area contributed by atoms with E-state index in [1.165, 1.54) is 0 Å². The summed E-state index contributed by atoms with van der Waals surface area (Å²) in [6.45, 7) is 6.22. The molecule has 0 unspecified atom stereocenters. The molecule has 8 heteroatoms. The molecule has 3 saturated heterocycles. The first kappa shape index (κ1) is 17.1. The number of pyridine rings is 1. The summed E-state index contributed by atoms with van der Waals surface area (Å²) in [6.07, 6.45) is 3.44. The van der Waals surface area contributed by atoms with E-state index < -0.39 is 0 Å². The van der Waals surface area contributed by atoms with Gasteiger partial charge in [-0.3, -0.25) is 10.2 Å². The minimum atomic E-state index is -0.0581. The highest BCUT2D eigenvalue weighted by atomic mass is 16.2. The van der Waals surface area contributed by atoms with Gasteiger partial charge in [-0.1, -0.05) is 0 Å². The van der Waals surface area contributed by atoms with Crippen LogP contribution >= 0.6 is 0 Å². The zero-order valence-electron chi connectivity index (χ0n) is 15.3. The Balaban J connectivity index is 1.36. The number of likely N-dealkylation sites (N-methyl/N-ethyl adjacent to an activating group) is 1. The van der Waals surface area contributed by atoms with Crippen LogP contribution in [0.5, 0.6) is 0 Å². The topological polar surface area (TPSA) is 87.6 Å². The number of anilines is 1. The summed E-state index contributed by atoms with van der Waals surface area (Å²) in [7, 11) is 2.13. The van der Waals surface area contributed by atoms with Crippen LogP contribution in [0.15, 0.2) is 18.3 Å². The summed E-state index contributed by atoms with van der Waals surface area (Å²) in [5.41, 5.74) is 0.598. The van der Waals surface area contributed by atoms with Crippen LogP contribution in [-0.4, -0.2) is 85.1 Å². The molecule has 1 aromatic heterocycles. The molecule has 3 N–H and O–H groups in total. The summed E-state index contributed by atoms with van der Waals surface area (Å²) in [5.74, 6) is 1.40. The van der Waals surface area contributed by atoms with Crippen molar-refractivity contribution in [2.45, 2.75) is 18.4 Å². The van der Waals surface area contributed by atoms with Crippen LogP contribution in [0, 0.1) is 5.41 Å². The number of likely N-dealkylation sites (tertiary alicyclic amines) is 1. The van der Waals surface area contributed by atoms with Gasteiger partial charge in [-0.2, -0.15) is 0 Å². The molecule has 0 bridgehead atoms. The predicted octanol–water partition coefficient (Wildman–Crippen LogP) is -0.0642. The van der Waals surface area contributed by atoms with E-state index in [0.717, 1.165) is 51.4 Å². The molecule has 1 spiro atoms. The summed E-state index contributed by atoms with van der Waals surface area (Å²) >= 11 is 0. The first-order valence-electron chi connectivity index (χ1n) is 9.34. The fourth-order valence-electron chi connectivity index (χ4n) is 3.97.